The number of carbonyl (C=O) groups excluding carboxylic acids is 1. The number of hydrogen-bond acceptors (Lipinski definition) is 2. The van der Waals surface area contributed by atoms with E-state index >= 15 is 0 Å². The second-order valence-corrected chi connectivity index (χ2v) is 3.91. The maximum absolute atomic E-state index is 11.4. The first-order valence-electron chi connectivity index (χ1n) is 5.32. The number of nitrogens with one attached hydrogen (secondary N) is 1. The summed E-state index contributed by atoms with van der Waals surface area (Å²) in [7, 11) is 1.88. The summed E-state index contributed by atoms with van der Waals surface area (Å²) in [5.74, 6) is 0.793. The van der Waals surface area contributed by atoms with Crippen molar-refractivity contribution in [1.29, 1.82) is 0 Å². The van der Waals surface area contributed by atoms with Crippen LogP contribution in [-0.2, 0) is 4.79 Å². The first-order valence-corrected chi connectivity index (χ1v) is 5.32. The van der Waals surface area contributed by atoms with Crippen molar-refractivity contribution in [2.24, 2.45) is 5.92 Å². The Morgan fingerprint density at radius 1 is 1.50 bits per heavy atom. The van der Waals surface area contributed by atoms with Crippen molar-refractivity contribution >= 4 is 5.91 Å². The molecule has 0 spiro atoms. The minimum Gasteiger partial charge on any atom is -0.342 e. The molecule has 0 unspecified atom stereocenters. The van der Waals surface area contributed by atoms with E-state index in [-0.39, 0.29) is 5.91 Å². The Kier molecular flexibility index (Phi) is 4.66. The van der Waals surface area contributed by atoms with Crippen LogP contribution in [0.3, 0.4) is 0 Å². The molecule has 1 aliphatic heterocycles. The maximum atomic E-state index is 11.4. The van der Waals surface area contributed by atoms with Crippen LogP contribution in [0, 0.1) is 5.92 Å². The molecule has 1 aliphatic rings. The van der Waals surface area contributed by atoms with Crippen LogP contribution in [0.2, 0.25) is 0 Å². The van der Waals surface area contributed by atoms with E-state index in [1.165, 1.54) is 12.8 Å². The normalized spacial score (nSPS) is 18.7. The number of piperidine rings is 1. The van der Waals surface area contributed by atoms with Gasteiger partial charge in [0.1, 0.15) is 0 Å². The van der Waals surface area contributed by atoms with E-state index in [2.05, 4.69) is 5.32 Å². The predicted octanol–water partition coefficient (Wildman–Crippen LogP) is 1.02. The van der Waals surface area contributed by atoms with Gasteiger partial charge in [-0.05, 0) is 44.8 Å². The van der Waals surface area contributed by atoms with E-state index in [0.29, 0.717) is 5.92 Å². The van der Waals surface area contributed by atoms with Crippen molar-refractivity contribution in [3.63, 3.8) is 0 Å². The smallest absolute Gasteiger partial charge is 0.245 e. The molecular weight excluding hydrogens is 176 g/mol. The third-order valence-electron chi connectivity index (χ3n) is 2.68. The van der Waals surface area contributed by atoms with Crippen LogP contribution in [-0.4, -0.2) is 37.5 Å². The summed E-state index contributed by atoms with van der Waals surface area (Å²) in [6.07, 6.45) is 5.79. The molecule has 0 aromatic rings. The van der Waals surface area contributed by atoms with E-state index in [1.807, 2.05) is 18.9 Å². The van der Waals surface area contributed by atoms with Gasteiger partial charge in [-0.3, -0.25) is 4.79 Å². The SMILES string of the molecule is CC=CC(=O)N(C)CC1CCNCC1. The number of rotatable bonds is 3. The molecular formula is C11H20N2O. The first kappa shape index (κ1) is 11.2. The lowest BCUT2D eigenvalue weighted by molar-refractivity contribution is -0.125. The molecule has 1 rings (SSSR count). The van der Waals surface area contributed by atoms with Crippen molar-refractivity contribution in [1.82, 2.24) is 10.2 Å². The van der Waals surface area contributed by atoms with Gasteiger partial charge < -0.3 is 10.2 Å². The average molecular weight is 196 g/mol. The zero-order valence-electron chi connectivity index (χ0n) is 9.12. The molecule has 0 saturated carbocycles. The molecule has 1 fully saturated rings. The third-order valence-corrected chi connectivity index (χ3v) is 2.68. The largest absolute Gasteiger partial charge is 0.342 e. The Labute approximate surface area is 86.2 Å². The molecule has 3 heteroatoms. The standard InChI is InChI=1S/C11H20N2O/c1-3-4-11(14)13(2)9-10-5-7-12-8-6-10/h3-4,10,12H,5-9H2,1-2H3. The quantitative estimate of drug-likeness (QED) is 0.684. The van der Waals surface area contributed by atoms with Gasteiger partial charge in [-0.2, -0.15) is 0 Å². The fourth-order valence-electron chi connectivity index (χ4n) is 1.81. The molecule has 0 atom stereocenters. The average Bonchev–Trinajstić information content (AvgIpc) is 2.19. The van der Waals surface area contributed by atoms with E-state index in [9.17, 15) is 4.79 Å². The maximum Gasteiger partial charge on any atom is 0.245 e. The van der Waals surface area contributed by atoms with Crippen molar-refractivity contribution < 1.29 is 4.79 Å². The summed E-state index contributed by atoms with van der Waals surface area (Å²) < 4.78 is 0. The molecule has 3 nitrogen and oxygen atoms in total. The second kappa shape index (κ2) is 5.81. The lowest BCUT2D eigenvalue weighted by Crippen LogP contribution is -2.36. The highest BCUT2D eigenvalue weighted by Gasteiger charge is 2.16. The van der Waals surface area contributed by atoms with Gasteiger partial charge in [0, 0.05) is 13.6 Å². The summed E-state index contributed by atoms with van der Waals surface area (Å²) in [6, 6.07) is 0. The van der Waals surface area contributed by atoms with Gasteiger partial charge in [-0.1, -0.05) is 6.08 Å². The summed E-state index contributed by atoms with van der Waals surface area (Å²) >= 11 is 0. The van der Waals surface area contributed by atoms with Crippen LogP contribution in [0.4, 0.5) is 0 Å². The zero-order valence-corrected chi connectivity index (χ0v) is 9.12. The van der Waals surface area contributed by atoms with Crippen molar-refractivity contribution in [2.75, 3.05) is 26.7 Å². The Morgan fingerprint density at radius 2 is 2.14 bits per heavy atom. The molecule has 0 bridgehead atoms. The molecule has 1 heterocycles. The highest BCUT2D eigenvalue weighted by Crippen LogP contribution is 2.12. The lowest BCUT2D eigenvalue weighted by Gasteiger charge is -2.26. The highest BCUT2D eigenvalue weighted by atomic mass is 16.2. The first-order chi connectivity index (χ1) is 6.74. The molecule has 14 heavy (non-hydrogen) atoms. The Bertz CT molecular complexity index is 207. The number of hydrogen-bond donors (Lipinski definition) is 1. The number of allylic oxidation sites excluding steroid dienone is 1. The predicted molar refractivity (Wildman–Crippen MR) is 58.0 cm³/mol. The highest BCUT2D eigenvalue weighted by molar-refractivity contribution is 5.87. The molecule has 80 valence electrons. The summed E-state index contributed by atoms with van der Waals surface area (Å²) in [6.45, 7) is 4.95. The minimum atomic E-state index is 0.117. The zero-order chi connectivity index (χ0) is 10.4. The van der Waals surface area contributed by atoms with Gasteiger partial charge in [0.15, 0.2) is 0 Å². The number of nitrogens with zero attached hydrogens (tertiary/aromatic N) is 1. The molecule has 1 saturated heterocycles. The van der Waals surface area contributed by atoms with E-state index in [4.69, 9.17) is 0 Å². The van der Waals surface area contributed by atoms with Crippen LogP contribution < -0.4 is 5.32 Å². The van der Waals surface area contributed by atoms with Crippen molar-refractivity contribution in [3.05, 3.63) is 12.2 Å². The van der Waals surface area contributed by atoms with Gasteiger partial charge in [-0.15, -0.1) is 0 Å². The summed E-state index contributed by atoms with van der Waals surface area (Å²) in [4.78, 5) is 13.3. The van der Waals surface area contributed by atoms with Crippen molar-refractivity contribution in [3.8, 4) is 0 Å². The van der Waals surface area contributed by atoms with Gasteiger partial charge in [0.2, 0.25) is 5.91 Å². The minimum absolute atomic E-state index is 0.117. The molecule has 0 aliphatic carbocycles. The number of likely N-dealkylation sites (N-methyl/N-ethyl adjacent to an activating group) is 1. The van der Waals surface area contributed by atoms with Crippen LogP contribution in [0.15, 0.2) is 12.2 Å². The van der Waals surface area contributed by atoms with Crippen LogP contribution in [0.5, 0.6) is 0 Å². The van der Waals surface area contributed by atoms with Crippen molar-refractivity contribution in [2.45, 2.75) is 19.8 Å². The monoisotopic (exact) mass is 196 g/mol. The summed E-state index contributed by atoms with van der Waals surface area (Å²) in [5, 5.41) is 3.32. The van der Waals surface area contributed by atoms with Crippen LogP contribution in [0.1, 0.15) is 19.8 Å². The fourth-order valence-corrected chi connectivity index (χ4v) is 1.81. The third kappa shape index (κ3) is 3.50. The molecule has 1 amide bonds. The summed E-state index contributed by atoms with van der Waals surface area (Å²) in [5.41, 5.74) is 0. The second-order valence-electron chi connectivity index (χ2n) is 3.91. The van der Waals surface area contributed by atoms with E-state index in [0.717, 1.165) is 19.6 Å². The Balaban J connectivity index is 2.31. The van der Waals surface area contributed by atoms with E-state index in [1.54, 1.807) is 12.2 Å². The number of amides is 1. The van der Waals surface area contributed by atoms with Gasteiger partial charge >= 0.3 is 0 Å². The lowest BCUT2D eigenvalue weighted by atomic mass is 9.98. The molecule has 1 N–H and O–H groups in total. The number of carbonyl (C=O) groups is 1. The van der Waals surface area contributed by atoms with Gasteiger partial charge in [-0.25, -0.2) is 0 Å². The molecule has 0 aromatic heterocycles. The Morgan fingerprint density at radius 3 is 2.71 bits per heavy atom. The van der Waals surface area contributed by atoms with Gasteiger partial charge in [0.05, 0.1) is 0 Å². The topological polar surface area (TPSA) is 32.3 Å². The van der Waals surface area contributed by atoms with Crippen LogP contribution in [0.25, 0.3) is 0 Å². The fraction of sp³-hybridized carbons (Fsp3) is 0.727. The van der Waals surface area contributed by atoms with Gasteiger partial charge in [0.25, 0.3) is 0 Å². The van der Waals surface area contributed by atoms with Crippen LogP contribution >= 0.6 is 0 Å². The Hall–Kier alpha value is -0.830. The molecule has 0 radical (unpaired) electrons. The van der Waals surface area contributed by atoms with E-state index < -0.39 is 0 Å². The molecule has 0 aromatic carbocycles.